The summed E-state index contributed by atoms with van der Waals surface area (Å²) in [6, 6.07) is 13.9. The summed E-state index contributed by atoms with van der Waals surface area (Å²) in [4.78, 5) is 12.7. The number of sulfonamides is 1. The van der Waals surface area contributed by atoms with Crippen molar-refractivity contribution in [2.24, 2.45) is 0 Å². The van der Waals surface area contributed by atoms with E-state index in [-0.39, 0.29) is 27.0 Å². The van der Waals surface area contributed by atoms with Gasteiger partial charge in [0.2, 0.25) is 5.91 Å². The molecule has 0 aliphatic carbocycles. The van der Waals surface area contributed by atoms with E-state index in [9.17, 15) is 17.6 Å². The number of anilines is 2. The third-order valence-corrected chi connectivity index (χ3v) is 6.84. The number of rotatable bonds is 7. The Labute approximate surface area is 195 Å². The third-order valence-electron chi connectivity index (χ3n) is 4.49. The maximum Gasteiger partial charge on any atom is 0.268 e. The van der Waals surface area contributed by atoms with Crippen LogP contribution in [0.1, 0.15) is 5.56 Å². The highest BCUT2D eigenvalue weighted by Gasteiger charge is 2.30. The Bertz CT molecular complexity index is 1250. The zero-order valence-electron chi connectivity index (χ0n) is 17.1. The Morgan fingerprint density at radius 1 is 1.06 bits per heavy atom. The van der Waals surface area contributed by atoms with Crippen molar-refractivity contribution in [3.8, 4) is 5.75 Å². The van der Waals surface area contributed by atoms with Crippen LogP contribution in [-0.4, -0.2) is 28.0 Å². The van der Waals surface area contributed by atoms with Gasteiger partial charge in [-0.05, 0) is 67.1 Å². The lowest BCUT2D eigenvalue weighted by Crippen LogP contribution is -2.38. The van der Waals surface area contributed by atoms with Crippen LogP contribution >= 0.6 is 23.2 Å². The van der Waals surface area contributed by atoms with E-state index >= 15 is 0 Å². The van der Waals surface area contributed by atoms with Gasteiger partial charge in [0.15, 0.2) is 0 Å². The van der Waals surface area contributed by atoms with E-state index in [0.717, 1.165) is 16.4 Å². The number of aryl methyl sites for hydroxylation is 1. The Balaban J connectivity index is 2.02. The van der Waals surface area contributed by atoms with Crippen molar-refractivity contribution in [2.75, 3.05) is 23.3 Å². The minimum absolute atomic E-state index is 0.104. The molecule has 168 valence electrons. The van der Waals surface area contributed by atoms with Gasteiger partial charge in [0.05, 0.1) is 23.5 Å². The fourth-order valence-corrected chi connectivity index (χ4v) is 5.06. The van der Waals surface area contributed by atoms with E-state index in [0.29, 0.717) is 10.6 Å². The van der Waals surface area contributed by atoms with Crippen LogP contribution < -0.4 is 14.4 Å². The molecule has 0 aromatic heterocycles. The Morgan fingerprint density at radius 3 is 2.38 bits per heavy atom. The quantitative estimate of drug-likeness (QED) is 0.482. The van der Waals surface area contributed by atoms with E-state index in [1.165, 1.54) is 49.6 Å². The van der Waals surface area contributed by atoms with Gasteiger partial charge in [0.25, 0.3) is 10.0 Å². The average molecular weight is 497 g/mol. The highest BCUT2D eigenvalue weighted by Crippen LogP contribution is 2.31. The number of halogens is 3. The van der Waals surface area contributed by atoms with Gasteiger partial charge in [-0.25, -0.2) is 12.8 Å². The molecule has 32 heavy (non-hydrogen) atoms. The Morgan fingerprint density at radius 2 is 1.75 bits per heavy atom. The van der Waals surface area contributed by atoms with Crippen molar-refractivity contribution in [1.82, 2.24) is 0 Å². The van der Waals surface area contributed by atoms with E-state index in [1.807, 2.05) is 0 Å². The fourth-order valence-electron chi connectivity index (χ4n) is 2.94. The maximum absolute atomic E-state index is 13.6. The molecule has 0 spiro atoms. The number of nitrogens with zero attached hydrogens (tertiary/aromatic N) is 1. The molecule has 0 saturated heterocycles. The molecule has 3 rings (SSSR count). The molecule has 6 nitrogen and oxygen atoms in total. The summed E-state index contributed by atoms with van der Waals surface area (Å²) in [5.41, 5.74) is 1.05. The highest BCUT2D eigenvalue weighted by atomic mass is 35.5. The van der Waals surface area contributed by atoms with Gasteiger partial charge in [-0.2, -0.15) is 0 Å². The lowest BCUT2D eigenvalue weighted by Gasteiger charge is -2.25. The van der Waals surface area contributed by atoms with Crippen LogP contribution in [-0.2, 0) is 14.8 Å². The smallest absolute Gasteiger partial charge is 0.268 e. The van der Waals surface area contributed by atoms with Gasteiger partial charge in [0, 0.05) is 5.02 Å². The number of ether oxygens (including phenoxy) is 1. The van der Waals surface area contributed by atoms with Crippen molar-refractivity contribution in [1.29, 1.82) is 0 Å². The number of methoxy groups -OCH3 is 1. The molecule has 3 aromatic rings. The number of hydrogen-bond acceptors (Lipinski definition) is 4. The van der Waals surface area contributed by atoms with Crippen LogP contribution in [0.15, 0.2) is 65.6 Å². The normalized spacial score (nSPS) is 11.2. The second-order valence-electron chi connectivity index (χ2n) is 6.81. The van der Waals surface area contributed by atoms with Gasteiger partial charge in [-0.15, -0.1) is 0 Å². The lowest BCUT2D eigenvalue weighted by molar-refractivity contribution is -0.114. The molecule has 0 saturated carbocycles. The third kappa shape index (κ3) is 5.32. The van der Waals surface area contributed by atoms with Crippen molar-refractivity contribution in [2.45, 2.75) is 11.8 Å². The molecule has 0 aliphatic rings. The molecule has 1 amide bonds. The first-order chi connectivity index (χ1) is 15.1. The summed E-state index contributed by atoms with van der Waals surface area (Å²) in [5, 5.41) is 3.15. The molecule has 0 atom stereocenters. The zero-order valence-corrected chi connectivity index (χ0v) is 19.4. The molecule has 0 radical (unpaired) electrons. The van der Waals surface area contributed by atoms with Crippen molar-refractivity contribution in [3.05, 3.63) is 82.1 Å². The van der Waals surface area contributed by atoms with Crippen LogP contribution in [0.25, 0.3) is 0 Å². The molecule has 0 fully saturated rings. The molecule has 0 unspecified atom stereocenters. The largest absolute Gasteiger partial charge is 0.495 e. The predicted molar refractivity (Wildman–Crippen MR) is 124 cm³/mol. The minimum Gasteiger partial charge on any atom is -0.495 e. The molecule has 1 N–H and O–H groups in total. The van der Waals surface area contributed by atoms with Gasteiger partial charge >= 0.3 is 0 Å². The van der Waals surface area contributed by atoms with Crippen molar-refractivity contribution in [3.63, 3.8) is 0 Å². The summed E-state index contributed by atoms with van der Waals surface area (Å²) >= 11 is 12.0. The lowest BCUT2D eigenvalue weighted by atomic mass is 10.2. The van der Waals surface area contributed by atoms with Crippen molar-refractivity contribution >= 4 is 50.5 Å². The maximum atomic E-state index is 13.6. The van der Waals surface area contributed by atoms with E-state index in [1.54, 1.807) is 13.0 Å². The number of amides is 1. The summed E-state index contributed by atoms with van der Waals surface area (Å²) in [6.45, 7) is 1.14. The summed E-state index contributed by atoms with van der Waals surface area (Å²) < 4.78 is 46.7. The standard InChI is InChI=1S/C22H19Cl2FN2O4S/c1-14-3-10-20(31-2)21(11-14)32(29,30)27(17-7-5-16(25)6-8-17)13-22(28)26-19-9-4-15(23)12-18(19)24/h3-12H,13H2,1-2H3,(H,26,28). The monoisotopic (exact) mass is 496 g/mol. The molecular weight excluding hydrogens is 478 g/mol. The van der Waals surface area contributed by atoms with Crippen LogP contribution in [0.2, 0.25) is 10.0 Å². The van der Waals surface area contributed by atoms with Gasteiger partial charge in [-0.3, -0.25) is 9.10 Å². The topological polar surface area (TPSA) is 75.7 Å². The first kappa shape index (κ1) is 23.8. The Kier molecular flexibility index (Phi) is 7.28. The van der Waals surface area contributed by atoms with Gasteiger partial charge in [-0.1, -0.05) is 29.3 Å². The number of hydrogen-bond donors (Lipinski definition) is 1. The molecule has 0 aliphatic heterocycles. The van der Waals surface area contributed by atoms with E-state index < -0.39 is 28.3 Å². The van der Waals surface area contributed by atoms with Gasteiger partial charge in [0.1, 0.15) is 23.0 Å². The summed E-state index contributed by atoms with van der Waals surface area (Å²) in [6.07, 6.45) is 0. The summed E-state index contributed by atoms with van der Waals surface area (Å²) in [7, 11) is -2.92. The van der Waals surface area contributed by atoms with Gasteiger partial charge < -0.3 is 10.1 Å². The van der Waals surface area contributed by atoms with Crippen LogP contribution in [0, 0.1) is 12.7 Å². The first-order valence-electron chi connectivity index (χ1n) is 9.29. The molecule has 3 aromatic carbocycles. The summed E-state index contributed by atoms with van der Waals surface area (Å²) in [5.74, 6) is -1.09. The van der Waals surface area contributed by atoms with E-state index in [2.05, 4.69) is 5.32 Å². The number of carbonyl (C=O) groups excluding carboxylic acids is 1. The highest BCUT2D eigenvalue weighted by molar-refractivity contribution is 7.93. The van der Waals surface area contributed by atoms with Crippen LogP contribution in [0.5, 0.6) is 5.75 Å². The number of nitrogens with one attached hydrogen (secondary N) is 1. The number of carbonyl (C=O) groups is 1. The predicted octanol–water partition coefficient (Wildman–Crippen LogP) is 5.28. The minimum atomic E-state index is -4.27. The molecular formula is C22H19Cl2FN2O4S. The second-order valence-corrected chi connectivity index (χ2v) is 9.49. The van der Waals surface area contributed by atoms with Crippen LogP contribution in [0.3, 0.4) is 0 Å². The van der Waals surface area contributed by atoms with E-state index in [4.69, 9.17) is 27.9 Å². The first-order valence-corrected chi connectivity index (χ1v) is 11.5. The number of benzene rings is 3. The van der Waals surface area contributed by atoms with Crippen LogP contribution in [0.4, 0.5) is 15.8 Å². The molecule has 10 heteroatoms. The SMILES string of the molecule is COc1ccc(C)cc1S(=O)(=O)N(CC(=O)Nc1ccc(Cl)cc1Cl)c1ccc(F)cc1. The molecule has 0 heterocycles. The fraction of sp³-hybridized carbons (Fsp3) is 0.136. The molecule has 0 bridgehead atoms. The van der Waals surface area contributed by atoms with Crippen molar-refractivity contribution < 1.29 is 22.3 Å². The average Bonchev–Trinajstić information content (AvgIpc) is 2.74. The zero-order chi connectivity index (χ0) is 23.5. The Hall–Kier alpha value is -2.81. The second kappa shape index (κ2) is 9.77.